The summed E-state index contributed by atoms with van der Waals surface area (Å²) in [5.74, 6) is 1.96. The van der Waals surface area contributed by atoms with E-state index in [1.807, 2.05) is 55.0 Å². The highest BCUT2D eigenvalue weighted by Crippen LogP contribution is 2.49. The number of unbranched alkanes of at least 4 members (excludes halogenated alkanes) is 14. The maximum atomic E-state index is 13.0. The van der Waals surface area contributed by atoms with Crippen LogP contribution in [0.25, 0.3) is 30.2 Å². The Hall–Kier alpha value is -3.83. The van der Waals surface area contributed by atoms with E-state index in [0.29, 0.717) is 157 Å². The Labute approximate surface area is 731 Å². The predicted octanol–water partition coefficient (Wildman–Crippen LogP) is 20.6. The summed E-state index contributed by atoms with van der Waals surface area (Å²) in [7, 11) is -2.89. The molecule has 2 fully saturated rings. The second-order valence-electron chi connectivity index (χ2n) is 31.9. The molecule has 7 atom stereocenters. The number of ether oxygens (including phenoxy) is 1. The summed E-state index contributed by atoms with van der Waals surface area (Å²) in [5, 5.41) is 11.0. The molecule has 119 heavy (non-hydrogen) atoms. The third-order valence-electron chi connectivity index (χ3n) is 18.9. The van der Waals surface area contributed by atoms with Crippen molar-refractivity contribution in [1.82, 2.24) is 39.4 Å². The average Bonchev–Trinajstić information content (AvgIpc) is 1.29. The number of amides is 3. The first-order valence-corrected chi connectivity index (χ1v) is 50.8. The smallest absolute Gasteiger partial charge is 0.406 e. The second kappa shape index (κ2) is 69.4. The lowest BCUT2D eigenvalue weighted by Gasteiger charge is -2.35. The number of hydrogen-bond donors (Lipinski definition) is 4. The highest BCUT2D eigenvalue weighted by Gasteiger charge is 2.43. The summed E-state index contributed by atoms with van der Waals surface area (Å²) in [6, 6.07) is 14.1. The summed E-state index contributed by atoms with van der Waals surface area (Å²) < 4.78 is 90.2. The van der Waals surface area contributed by atoms with Gasteiger partial charge in [0.25, 0.3) is 34.1 Å². The fourth-order valence-corrected chi connectivity index (χ4v) is 23.0. The topological polar surface area (TPSA) is 250 Å². The molecule has 4 rings (SSSR count). The van der Waals surface area contributed by atoms with E-state index in [1.54, 1.807) is 12.1 Å². The summed E-state index contributed by atoms with van der Waals surface area (Å²) in [5.41, 5.74) is 0.988. The molecule has 0 aromatic heterocycles. The number of thioether (sulfide) groups is 1. The van der Waals surface area contributed by atoms with E-state index < -0.39 is 44.1 Å². The molecule has 2 aliphatic rings. The van der Waals surface area contributed by atoms with Gasteiger partial charge in [-0.25, -0.2) is 62.9 Å². The molecule has 0 bridgehead atoms. The fourth-order valence-electron chi connectivity index (χ4n) is 13.5. The first-order valence-electron chi connectivity index (χ1n) is 43.8. The zero-order chi connectivity index (χ0) is 88.9. The largest absolute Gasteiger partial charge is 0.453 e. The SMILES string of the molecule is [C-]#[N+]CCOP(OCCCCCCC)N(C(C)C)C(C)C.[C-]#[N+]CCOP(OCCCCCCNC(=O)CCCCC1SCC2CC(=O)NC21)N(C(C)C)C(C)C.[C-]#[N+]CCOP(OCCCCCCNC(=O)OC)N(C(C)C)C(C)C.[C-]#[N+]CCOP(OCCCCCCNS(=O)(=O)c1cccc2c(N(C)C)cccc12)N(C(C)C)C(C)C. The summed E-state index contributed by atoms with van der Waals surface area (Å²) in [6.45, 7) is 71.6. The van der Waals surface area contributed by atoms with Gasteiger partial charge in [0.15, 0.2) is 0 Å². The monoisotopic (exact) mass is 1780 g/mol. The number of carbonyl (C=O) groups excluding carboxylic acids is 3. The lowest BCUT2D eigenvalue weighted by molar-refractivity contribution is -0.121. The number of benzene rings is 2. The number of nitrogens with zero attached hydrogens (tertiary/aromatic N) is 9. The van der Waals surface area contributed by atoms with Crippen LogP contribution in [-0.4, -0.2) is 230 Å². The fraction of sp³-hybridized carbons (Fsp3) is 0.802. The lowest BCUT2D eigenvalue weighted by atomic mass is 9.97. The predicted molar refractivity (Wildman–Crippen MR) is 495 cm³/mol. The Bertz CT molecular complexity index is 3250. The maximum absolute atomic E-state index is 13.0. The quantitative estimate of drug-likeness (QED) is 0.0273. The molecule has 27 nitrogen and oxygen atoms in total. The van der Waals surface area contributed by atoms with Crippen molar-refractivity contribution < 1.29 is 63.7 Å². The standard InChI is InChI=1S/C27H43N4O4PS.C26H47N4O4PS.C17H34N3O4P.C16H33N2O2P/c1-22(2)31(23(3)4)36(35-21-19-28-5)34-20-11-9-8-10-18-29-37(32,33)27-17-13-14-24-25(27)15-12-16-26(24)30(6)7;1-20(2)30(21(3)4)35(34-17-15-27-5)33-16-11-7-6-10-14-28-24(31)13-9-8-12-23-26-22(19-36-23)18-25(32)29-26;1-15(2)20(16(3)4)25(24-14-12-18-5)23-13-10-8-7-9-11-19-17(21)22-6;1-7-8-9-10-11-13-19-21(20-14-12-17-6)18(15(2)3)16(4)5/h12-17,22-23,29H,8-11,18-21H2,1-4,6-7H3;20-23,26H,6-19H2,1-4H3,(H,28,31)(H,29,32);15-16H,7-14H2,1-4,6H3,(H,19,21);15-16H,7-14H2,1-5H3. The Kier molecular flexibility index (Phi) is 66.0. The molecule has 33 heteroatoms. The van der Waals surface area contributed by atoms with Crippen LogP contribution in [0.3, 0.4) is 0 Å². The average molecular weight is 1790 g/mol. The van der Waals surface area contributed by atoms with Crippen molar-refractivity contribution in [3.05, 3.63) is 82.1 Å². The van der Waals surface area contributed by atoms with Crippen molar-refractivity contribution in [1.29, 1.82) is 0 Å². The van der Waals surface area contributed by atoms with Crippen LogP contribution < -0.4 is 25.6 Å². The Balaban J connectivity index is 0.000000814. The molecule has 2 aliphatic heterocycles. The van der Waals surface area contributed by atoms with Gasteiger partial charge in [-0.2, -0.15) is 11.8 Å². The number of carbonyl (C=O) groups is 3. The normalized spacial score (nSPS) is 15.7. The first-order chi connectivity index (χ1) is 56.9. The number of fused-ring (bicyclic) bond motifs is 2. The van der Waals surface area contributed by atoms with Gasteiger partial charge in [0.05, 0.1) is 38.4 Å². The van der Waals surface area contributed by atoms with Crippen molar-refractivity contribution in [3.63, 3.8) is 0 Å². The molecule has 3 amide bonds. The molecule has 0 saturated carbocycles. The highest BCUT2D eigenvalue weighted by atomic mass is 32.2. The molecule has 0 aliphatic carbocycles. The Morgan fingerprint density at radius 1 is 0.487 bits per heavy atom. The Morgan fingerprint density at radius 2 is 0.849 bits per heavy atom. The van der Waals surface area contributed by atoms with Crippen LogP contribution in [0.1, 0.15) is 259 Å². The van der Waals surface area contributed by atoms with Crippen LogP contribution in [0.2, 0.25) is 0 Å². The summed E-state index contributed by atoms with van der Waals surface area (Å²) in [4.78, 5) is 50.3. The summed E-state index contributed by atoms with van der Waals surface area (Å²) in [6.07, 6.45) is 21.6. The van der Waals surface area contributed by atoms with Crippen molar-refractivity contribution in [2.75, 3.05) is 131 Å². The van der Waals surface area contributed by atoms with E-state index in [0.717, 1.165) is 138 Å². The number of methoxy groups -OCH3 is 1. The third-order valence-corrected chi connectivity index (χ3v) is 30.5. The molecule has 682 valence electrons. The number of rotatable bonds is 63. The van der Waals surface area contributed by atoms with Gasteiger partial charge in [0.2, 0.25) is 48.0 Å². The van der Waals surface area contributed by atoms with E-state index in [1.165, 1.54) is 32.8 Å². The minimum Gasteiger partial charge on any atom is -0.453 e. The molecule has 2 saturated heterocycles. The molecule has 2 aromatic carbocycles. The Morgan fingerprint density at radius 3 is 1.23 bits per heavy atom. The zero-order valence-corrected chi connectivity index (χ0v) is 81.7. The molecule has 7 unspecified atom stereocenters. The summed E-state index contributed by atoms with van der Waals surface area (Å²) >= 11 is 1.99. The second-order valence-corrected chi connectivity index (χ2v) is 40.8. The van der Waals surface area contributed by atoms with Crippen molar-refractivity contribution in [2.24, 2.45) is 5.92 Å². The van der Waals surface area contributed by atoms with Gasteiger partial charge in [-0.3, -0.25) is 9.59 Å². The lowest BCUT2D eigenvalue weighted by Crippen LogP contribution is -2.34. The number of sulfonamides is 1. The first kappa shape index (κ1) is 113. The number of nitrogens with one attached hydrogen (secondary N) is 4. The van der Waals surface area contributed by atoms with Gasteiger partial charge in [-0.1, -0.05) is 102 Å². The van der Waals surface area contributed by atoms with E-state index in [4.69, 9.17) is 62.5 Å². The van der Waals surface area contributed by atoms with Crippen LogP contribution >= 0.6 is 45.9 Å². The number of anilines is 1. The van der Waals surface area contributed by atoms with Crippen molar-refractivity contribution in [2.45, 2.75) is 323 Å². The molecule has 2 aromatic rings. The number of hydrogen-bond acceptors (Lipinski definition) is 20. The van der Waals surface area contributed by atoms with Crippen LogP contribution in [-0.2, 0) is 60.5 Å². The van der Waals surface area contributed by atoms with Crippen LogP contribution in [0.5, 0.6) is 0 Å². The van der Waals surface area contributed by atoms with Gasteiger partial charge in [0.1, 0.15) is 26.4 Å². The van der Waals surface area contributed by atoms with Crippen LogP contribution in [0, 0.1) is 32.2 Å². The molecule has 4 N–H and O–H groups in total. The highest BCUT2D eigenvalue weighted by molar-refractivity contribution is 8.00. The zero-order valence-electron chi connectivity index (χ0n) is 76.5. The van der Waals surface area contributed by atoms with Gasteiger partial charge < -0.3 is 81.2 Å². The van der Waals surface area contributed by atoms with E-state index in [-0.39, 0.29) is 30.0 Å². The van der Waals surface area contributed by atoms with Gasteiger partial charge in [0, 0.05) is 123 Å². The van der Waals surface area contributed by atoms with Crippen LogP contribution in [0.15, 0.2) is 41.3 Å². The van der Waals surface area contributed by atoms with E-state index in [2.05, 4.69) is 181 Å². The molecule has 0 spiro atoms. The maximum Gasteiger partial charge on any atom is 0.406 e. The molecule has 0 radical (unpaired) electrons. The minimum absolute atomic E-state index is 0.147. The van der Waals surface area contributed by atoms with Crippen molar-refractivity contribution >= 4 is 90.3 Å². The van der Waals surface area contributed by atoms with Gasteiger partial charge in [-0.05, 0) is 192 Å². The molecular formula is C86H157N13O14P4S2. The number of alkyl carbamates (subject to hydrolysis) is 1. The van der Waals surface area contributed by atoms with Gasteiger partial charge >= 0.3 is 6.09 Å². The molecular weight excluding hydrogens is 1630 g/mol. The van der Waals surface area contributed by atoms with Crippen LogP contribution in [0.4, 0.5) is 10.5 Å². The van der Waals surface area contributed by atoms with E-state index in [9.17, 15) is 22.8 Å². The van der Waals surface area contributed by atoms with Gasteiger partial charge in [-0.15, -0.1) is 0 Å². The third kappa shape index (κ3) is 49.6. The molecule has 2 heterocycles. The minimum atomic E-state index is -3.61. The van der Waals surface area contributed by atoms with E-state index >= 15 is 0 Å². The van der Waals surface area contributed by atoms with Crippen molar-refractivity contribution in [3.8, 4) is 0 Å².